The normalized spacial score (nSPS) is 24.7. The van der Waals surface area contributed by atoms with Crippen molar-refractivity contribution in [2.45, 2.75) is 25.3 Å². The standard InChI is InChI=1S/C19H18N2O2/c1-12-4-2-5-13(10-12)19-16-7-3-6-15(16)17-11-14(21(22)23)8-9-18(17)20-19/h2-6,8-11,15-16,19-20H,7H2,1H3/t15-,16+,19+/m1/s1. The van der Waals surface area contributed by atoms with E-state index in [1.165, 1.54) is 11.1 Å². The number of nitro groups is 1. The summed E-state index contributed by atoms with van der Waals surface area (Å²) in [5.41, 5.74) is 4.75. The van der Waals surface area contributed by atoms with Crippen molar-refractivity contribution in [3.63, 3.8) is 0 Å². The van der Waals surface area contributed by atoms with Crippen LogP contribution in [-0.4, -0.2) is 4.92 Å². The first kappa shape index (κ1) is 14.0. The Balaban J connectivity index is 1.79. The Morgan fingerprint density at radius 2 is 2.09 bits per heavy atom. The number of nitrogens with zero attached hydrogens (tertiary/aromatic N) is 1. The average Bonchev–Trinajstić information content (AvgIpc) is 3.03. The summed E-state index contributed by atoms with van der Waals surface area (Å²) in [7, 11) is 0. The molecule has 2 aromatic rings. The maximum absolute atomic E-state index is 11.1. The van der Waals surface area contributed by atoms with Crippen molar-refractivity contribution < 1.29 is 4.92 Å². The second kappa shape index (κ2) is 5.23. The molecule has 1 aliphatic heterocycles. The van der Waals surface area contributed by atoms with Crippen LogP contribution in [0.2, 0.25) is 0 Å². The van der Waals surface area contributed by atoms with Gasteiger partial charge in [-0.3, -0.25) is 10.1 Å². The highest BCUT2D eigenvalue weighted by Gasteiger charge is 2.38. The van der Waals surface area contributed by atoms with Crippen molar-refractivity contribution in [3.05, 3.63) is 81.4 Å². The molecule has 0 spiro atoms. The van der Waals surface area contributed by atoms with Gasteiger partial charge in [0.15, 0.2) is 0 Å². The van der Waals surface area contributed by atoms with Gasteiger partial charge in [-0.25, -0.2) is 0 Å². The van der Waals surface area contributed by atoms with Crippen LogP contribution in [0.4, 0.5) is 11.4 Å². The molecule has 23 heavy (non-hydrogen) atoms. The van der Waals surface area contributed by atoms with Crippen molar-refractivity contribution in [2.24, 2.45) is 5.92 Å². The van der Waals surface area contributed by atoms with Gasteiger partial charge in [0.25, 0.3) is 5.69 Å². The molecular formula is C19H18N2O2. The molecule has 0 aromatic heterocycles. The summed E-state index contributed by atoms with van der Waals surface area (Å²) in [6, 6.07) is 14.0. The largest absolute Gasteiger partial charge is 0.378 e. The molecule has 4 heteroatoms. The molecule has 0 bridgehead atoms. The molecule has 1 N–H and O–H groups in total. The molecule has 2 aliphatic rings. The number of nitrogens with one attached hydrogen (secondary N) is 1. The van der Waals surface area contributed by atoms with Crippen molar-refractivity contribution in [3.8, 4) is 0 Å². The molecule has 0 amide bonds. The average molecular weight is 306 g/mol. The number of allylic oxidation sites excluding steroid dienone is 2. The third-order valence-corrected chi connectivity index (χ3v) is 4.96. The molecule has 1 heterocycles. The number of non-ortho nitro benzene ring substituents is 1. The smallest absolute Gasteiger partial charge is 0.269 e. The number of aryl methyl sites for hydroxylation is 1. The van der Waals surface area contributed by atoms with Gasteiger partial charge in [-0.1, -0.05) is 42.0 Å². The van der Waals surface area contributed by atoms with E-state index in [0.717, 1.165) is 17.7 Å². The third kappa shape index (κ3) is 2.31. The van der Waals surface area contributed by atoms with E-state index in [2.05, 4.69) is 48.7 Å². The van der Waals surface area contributed by atoms with Crippen LogP contribution in [0.25, 0.3) is 0 Å². The molecule has 4 rings (SSSR count). The summed E-state index contributed by atoms with van der Waals surface area (Å²) in [5, 5.41) is 14.7. The van der Waals surface area contributed by atoms with E-state index in [1.54, 1.807) is 12.1 Å². The Bertz CT molecular complexity index is 813. The minimum absolute atomic E-state index is 0.165. The number of hydrogen-bond donors (Lipinski definition) is 1. The summed E-state index contributed by atoms with van der Waals surface area (Å²) >= 11 is 0. The second-order valence-electron chi connectivity index (χ2n) is 6.42. The topological polar surface area (TPSA) is 55.2 Å². The van der Waals surface area contributed by atoms with E-state index >= 15 is 0 Å². The van der Waals surface area contributed by atoms with Gasteiger partial charge >= 0.3 is 0 Å². The van der Waals surface area contributed by atoms with E-state index in [9.17, 15) is 10.1 Å². The molecule has 116 valence electrons. The van der Waals surface area contributed by atoms with Crippen molar-refractivity contribution in [1.82, 2.24) is 0 Å². The van der Waals surface area contributed by atoms with E-state index < -0.39 is 0 Å². The van der Waals surface area contributed by atoms with Crippen LogP contribution >= 0.6 is 0 Å². The summed E-state index contributed by atoms with van der Waals surface area (Å²) in [5.74, 6) is 0.656. The van der Waals surface area contributed by atoms with Gasteiger partial charge in [0.2, 0.25) is 0 Å². The first-order valence-corrected chi connectivity index (χ1v) is 7.91. The second-order valence-corrected chi connectivity index (χ2v) is 6.42. The highest BCUT2D eigenvalue weighted by molar-refractivity contribution is 5.63. The molecule has 2 aromatic carbocycles. The maximum atomic E-state index is 11.1. The number of rotatable bonds is 2. The third-order valence-electron chi connectivity index (χ3n) is 4.96. The van der Waals surface area contributed by atoms with Gasteiger partial charge in [0.05, 0.1) is 11.0 Å². The zero-order valence-corrected chi connectivity index (χ0v) is 12.9. The molecule has 0 radical (unpaired) electrons. The summed E-state index contributed by atoms with van der Waals surface area (Å²) in [6.45, 7) is 2.11. The molecule has 4 nitrogen and oxygen atoms in total. The van der Waals surface area contributed by atoms with Gasteiger partial charge in [-0.05, 0) is 36.5 Å². The first-order valence-electron chi connectivity index (χ1n) is 7.91. The Labute approximate surface area is 135 Å². The molecule has 3 atom stereocenters. The predicted molar refractivity (Wildman–Crippen MR) is 90.6 cm³/mol. The van der Waals surface area contributed by atoms with Crippen LogP contribution in [0, 0.1) is 23.0 Å². The number of anilines is 1. The SMILES string of the molecule is Cc1cccc([C@@H]2Nc3ccc([N+](=O)[O-])cc3[C@@H]3C=CC[C@@H]32)c1. The number of fused-ring (bicyclic) bond motifs is 3. The fourth-order valence-electron chi connectivity index (χ4n) is 3.89. The lowest BCUT2D eigenvalue weighted by atomic mass is 9.77. The molecule has 0 unspecified atom stereocenters. The lowest BCUT2D eigenvalue weighted by Gasteiger charge is -2.37. The van der Waals surface area contributed by atoms with Crippen LogP contribution in [0.3, 0.4) is 0 Å². The quantitative estimate of drug-likeness (QED) is 0.496. The van der Waals surface area contributed by atoms with E-state index in [4.69, 9.17) is 0 Å². The van der Waals surface area contributed by atoms with Crippen LogP contribution in [0.5, 0.6) is 0 Å². The number of benzene rings is 2. The molecular weight excluding hydrogens is 288 g/mol. The van der Waals surface area contributed by atoms with E-state index in [-0.39, 0.29) is 22.6 Å². The van der Waals surface area contributed by atoms with Gasteiger partial charge in [-0.2, -0.15) is 0 Å². The Hall–Kier alpha value is -2.62. The lowest BCUT2D eigenvalue weighted by Crippen LogP contribution is -2.29. The lowest BCUT2D eigenvalue weighted by molar-refractivity contribution is -0.384. The van der Waals surface area contributed by atoms with Gasteiger partial charge < -0.3 is 5.32 Å². The zero-order valence-electron chi connectivity index (χ0n) is 12.9. The molecule has 0 fully saturated rings. The summed E-state index contributed by atoms with van der Waals surface area (Å²) in [6.07, 6.45) is 5.41. The minimum atomic E-state index is -0.319. The Morgan fingerprint density at radius 1 is 1.22 bits per heavy atom. The van der Waals surface area contributed by atoms with Crippen molar-refractivity contribution in [2.75, 3.05) is 5.32 Å². The summed E-state index contributed by atoms with van der Waals surface area (Å²) in [4.78, 5) is 10.8. The number of hydrogen-bond acceptors (Lipinski definition) is 3. The van der Waals surface area contributed by atoms with E-state index in [0.29, 0.717) is 5.92 Å². The zero-order chi connectivity index (χ0) is 16.0. The molecule has 1 aliphatic carbocycles. The van der Waals surface area contributed by atoms with Crippen LogP contribution in [0.1, 0.15) is 35.1 Å². The Kier molecular flexibility index (Phi) is 3.18. The molecule has 0 saturated carbocycles. The first-order chi connectivity index (χ1) is 11.1. The van der Waals surface area contributed by atoms with E-state index in [1.807, 2.05) is 6.07 Å². The van der Waals surface area contributed by atoms with Crippen LogP contribution < -0.4 is 5.32 Å². The molecule has 0 saturated heterocycles. The van der Waals surface area contributed by atoms with Crippen molar-refractivity contribution in [1.29, 1.82) is 0 Å². The van der Waals surface area contributed by atoms with Gasteiger partial charge in [0, 0.05) is 23.7 Å². The highest BCUT2D eigenvalue weighted by Crippen LogP contribution is 2.50. The van der Waals surface area contributed by atoms with Crippen LogP contribution in [-0.2, 0) is 0 Å². The van der Waals surface area contributed by atoms with Crippen molar-refractivity contribution >= 4 is 11.4 Å². The summed E-state index contributed by atoms with van der Waals surface area (Å²) < 4.78 is 0. The Morgan fingerprint density at radius 3 is 2.87 bits per heavy atom. The highest BCUT2D eigenvalue weighted by atomic mass is 16.6. The van der Waals surface area contributed by atoms with Gasteiger partial charge in [-0.15, -0.1) is 0 Å². The van der Waals surface area contributed by atoms with Crippen LogP contribution in [0.15, 0.2) is 54.6 Å². The monoisotopic (exact) mass is 306 g/mol. The fraction of sp³-hybridized carbons (Fsp3) is 0.263. The minimum Gasteiger partial charge on any atom is -0.378 e. The number of nitro benzene ring substituents is 1. The fourth-order valence-corrected chi connectivity index (χ4v) is 3.89. The predicted octanol–water partition coefficient (Wildman–Crippen LogP) is 4.73. The van der Waals surface area contributed by atoms with Gasteiger partial charge in [0.1, 0.15) is 0 Å². The maximum Gasteiger partial charge on any atom is 0.269 e.